The molecule has 1 aromatic carbocycles. The Bertz CT molecular complexity index is 672. The second-order valence-electron chi connectivity index (χ2n) is 6.96. The first-order valence-corrected chi connectivity index (χ1v) is 8.55. The molecule has 0 aliphatic rings. The second kappa shape index (κ2) is 7.51. The van der Waals surface area contributed by atoms with E-state index in [1.807, 2.05) is 6.07 Å². The van der Waals surface area contributed by atoms with Gasteiger partial charge in [0.2, 0.25) is 0 Å². The molecule has 0 fully saturated rings. The molecule has 0 unspecified atom stereocenters. The lowest BCUT2D eigenvalue weighted by Crippen LogP contribution is -2.26. The lowest BCUT2D eigenvalue weighted by molar-refractivity contribution is 0.630. The van der Waals surface area contributed by atoms with Crippen LogP contribution in [-0.2, 0) is 0 Å². The highest BCUT2D eigenvalue weighted by atomic mass is 15.1. The summed E-state index contributed by atoms with van der Waals surface area (Å²) in [5.74, 6) is 1.60. The predicted molar refractivity (Wildman–Crippen MR) is 103 cm³/mol. The number of hydrogen-bond donors (Lipinski definition) is 2. The van der Waals surface area contributed by atoms with Crippen LogP contribution in [-0.4, -0.2) is 28.6 Å². The van der Waals surface area contributed by atoms with Crippen molar-refractivity contribution in [2.45, 2.75) is 47.1 Å². The summed E-state index contributed by atoms with van der Waals surface area (Å²) in [6.45, 7) is 14.8. The molecule has 0 aliphatic carbocycles. The summed E-state index contributed by atoms with van der Waals surface area (Å²) in [6, 6.07) is 8.41. The van der Waals surface area contributed by atoms with Crippen LogP contribution in [0.25, 0.3) is 0 Å². The highest BCUT2D eigenvalue weighted by molar-refractivity contribution is 5.66. The minimum Gasteiger partial charge on any atom is -0.372 e. The summed E-state index contributed by atoms with van der Waals surface area (Å²) in [5.41, 5.74) is 3.47. The van der Waals surface area contributed by atoms with Crippen LogP contribution in [0.4, 0.5) is 23.0 Å². The third-order valence-electron chi connectivity index (χ3n) is 3.77. The van der Waals surface area contributed by atoms with Crippen LogP contribution in [0.1, 0.15) is 40.2 Å². The average molecular weight is 327 g/mol. The van der Waals surface area contributed by atoms with Gasteiger partial charge in [-0.25, -0.2) is 9.97 Å². The fraction of sp³-hybridized carbons (Fsp3) is 0.474. The third kappa shape index (κ3) is 4.85. The zero-order valence-corrected chi connectivity index (χ0v) is 15.6. The first kappa shape index (κ1) is 18.0. The normalized spacial score (nSPS) is 11.2. The molecule has 0 atom stereocenters. The predicted octanol–water partition coefficient (Wildman–Crippen LogP) is 4.59. The maximum absolute atomic E-state index is 4.32. The molecule has 0 saturated heterocycles. The van der Waals surface area contributed by atoms with Gasteiger partial charge < -0.3 is 15.5 Å². The molecule has 0 saturated carbocycles. The zero-order valence-electron chi connectivity index (χ0n) is 15.6. The maximum Gasteiger partial charge on any atom is 0.135 e. The van der Waals surface area contributed by atoms with Crippen LogP contribution < -0.4 is 15.5 Å². The molecule has 0 bridgehead atoms. The van der Waals surface area contributed by atoms with Crippen molar-refractivity contribution in [2.24, 2.45) is 0 Å². The first-order valence-electron chi connectivity index (χ1n) is 8.55. The maximum atomic E-state index is 4.32. The minimum atomic E-state index is -0.0348. The summed E-state index contributed by atoms with van der Waals surface area (Å²) in [5, 5.41) is 6.75. The number of benzene rings is 1. The van der Waals surface area contributed by atoms with E-state index in [0.717, 1.165) is 30.4 Å². The van der Waals surface area contributed by atoms with E-state index >= 15 is 0 Å². The number of hydrogen-bond acceptors (Lipinski definition) is 5. The van der Waals surface area contributed by atoms with Gasteiger partial charge in [-0.3, -0.25) is 0 Å². The molecule has 0 aliphatic heterocycles. The van der Waals surface area contributed by atoms with Crippen LogP contribution in [0.5, 0.6) is 0 Å². The van der Waals surface area contributed by atoms with Crippen molar-refractivity contribution in [3.05, 3.63) is 36.2 Å². The van der Waals surface area contributed by atoms with Crippen molar-refractivity contribution in [3.8, 4) is 0 Å². The number of aryl methyl sites for hydroxylation is 1. The van der Waals surface area contributed by atoms with Crippen molar-refractivity contribution >= 4 is 23.0 Å². The van der Waals surface area contributed by atoms with Crippen molar-refractivity contribution < 1.29 is 0 Å². The van der Waals surface area contributed by atoms with Crippen LogP contribution in [0, 0.1) is 6.92 Å². The van der Waals surface area contributed by atoms with Crippen LogP contribution in [0.3, 0.4) is 0 Å². The summed E-state index contributed by atoms with van der Waals surface area (Å²) >= 11 is 0. The summed E-state index contributed by atoms with van der Waals surface area (Å²) in [6.07, 6.45) is 1.58. The molecule has 0 spiro atoms. The van der Waals surface area contributed by atoms with Crippen LogP contribution in [0.2, 0.25) is 0 Å². The molecule has 130 valence electrons. The van der Waals surface area contributed by atoms with Crippen LogP contribution >= 0.6 is 0 Å². The third-order valence-corrected chi connectivity index (χ3v) is 3.77. The van der Waals surface area contributed by atoms with E-state index < -0.39 is 0 Å². The van der Waals surface area contributed by atoms with E-state index in [0.29, 0.717) is 0 Å². The van der Waals surface area contributed by atoms with Gasteiger partial charge in [0.1, 0.15) is 18.0 Å². The van der Waals surface area contributed by atoms with E-state index in [4.69, 9.17) is 0 Å². The van der Waals surface area contributed by atoms with E-state index in [2.05, 4.69) is 85.2 Å². The fourth-order valence-electron chi connectivity index (χ4n) is 2.59. The monoisotopic (exact) mass is 327 g/mol. The molecule has 0 amide bonds. The van der Waals surface area contributed by atoms with Crippen molar-refractivity contribution in [2.75, 3.05) is 28.6 Å². The average Bonchev–Trinajstić information content (AvgIpc) is 2.50. The van der Waals surface area contributed by atoms with Crippen LogP contribution in [0.15, 0.2) is 30.6 Å². The molecular weight excluding hydrogens is 298 g/mol. The smallest absolute Gasteiger partial charge is 0.135 e. The molecule has 24 heavy (non-hydrogen) atoms. The van der Waals surface area contributed by atoms with Gasteiger partial charge in [0.05, 0.1) is 0 Å². The number of nitrogens with zero attached hydrogens (tertiary/aromatic N) is 3. The number of rotatable bonds is 6. The Morgan fingerprint density at radius 1 is 1.00 bits per heavy atom. The van der Waals surface area contributed by atoms with E-state index in [1.54, 1.807) is 6.33 Å². The molecule has 1 aromatic heterocycles. The van der Waals surface area contributed by atoms with E-state index in [1.165, 1.54) is 11.3 Å². The Labute approximate surface area is 145 Å². The zero-order chi connectivity index (χ0) is 17.7. The van der Waals surface area contributed by atoms with Gasteiger partial charge in [0.25, 0.3) is 0 Å². The van der Waals surface area contributed by atoms with Gasteiger partial charge in [-0.15, -0.1) is 0 Å². The molecule has 0 radical (unpaired) electrons. The Morgan fingerprint density at radius 3 is 2.25 bits per heavy atom. The van der Waals surface area contributed by atoms with Crippen molar-refractivity contribution in [1.29, 1.82) is 0 Å². The molecule has 2 rings (SSSR count). The Morgan fingerprint density at radius 2 is 1.67 bits per heavy atom. The highest BCUT2D eigenvalue weighted by Crippen LogP contribution is 2.25. The van der Waals surface area contributed by atoms with Gasteiger partial charge in [-0.1, -0.05) is 0 Å². The highest BCUT2D eigenvalue weighted by Gasteiger charge is 2.11. The van der Waals surface area contributed by atoms with Crippen molar-refractivity contribution in [1.82, 2.24) is 9.97 Å². The fourth-order valence-corrected chi connectivity index (χ4v) is 2.59. The Balaban J connectivity index is 2.18. The van der Waals surface area contributed by atoms with Crippen molar-refractivity contribution in [3.63, 3.8) is 0 Å². The van der Waals surface area contributed by atoms with Gasteiger partial charge >= 0.3 is 0 Å². The lowest BCUT2D eigenvalue weighted by Gasteiger charge is -2.23. The summed E-state index contributed by atoms with van der Waals surface area (Å²) in [7, 11) is 0. The molecular formula is C19H29N5. The van der Waals surface area contributed by atoms with Gasteiger partial charge in [-0.2, -0.15) is 0 Å². The summed E-state index contributed by atoms with van der Waals surface area (Å²) < 4.78 is 0. The Hall–Kier alpha value is -2.30. The molecule has 5 heteroatoms. The first-order chi connectivity index (χ1) is 11.3. The summed E-state index contributed by atoms with van der Waals surface area (Å²) in [4.78, 5) is 10.9. The standard InChI is InChI=1S/C19H29N5/c1-7-24(8-2)15-9-10-16(14(3)11-15)22-17-12-18(21-13-20-17)23-19(4,5)6/h9-13H,7-8H2,1-6H3,(H2,20,21,22,23). The Kier molecular flexibility index (Phi) is 5.65. The van der Waals surface area contributed by atoms with E-state index in [9.17, 15) is 0 Å². The van der Waals surface area contributed by atoms with E-state index in [-0.39, 0.29) is 5.54 Å². The second-order valence-corrected chi connectivity index (χ2v) is 6.96. The van der Waals surface area contributed by atoms with Gasteiger partial charge in [0, 0.05) is 36.1 Å². The molecule has 5 nitrogen and oxygen atoms in total. The topological polar surface area (TPSA) is 53.1 Å². The number of aromatic nitrogens is 2. The quantitative estimate of drug-likeness (QED) is 0.813. The van der Waals surface area contributed by atoms with Gasteiger partial charge in [0.15, 0.2) is 0 Å². The van der Waals surface area contributed by atoms with Gasteiger partial charge in [-0.05, 0) is 65.3 Å². The molecule has 1 heterocycles. The largest absolute Gasteiger partial charge is 0.372 e. The number of anilines is 4. The SMILES string of the molecule is CCN(CC)c1ccc(Nc2cc(NC(C)(C)C)ncn2)c(C)c1. The number of nitrogens with one attached hydrogen (secondary N) is 2. The molecule has 2 aromatic rings. The minimum absolute atomic E-state index is 0.0348. The lowest BCUT2D eigenvalue weighted by atomic mass is 10.1. The molecule has 2 N–H and O–H groups in total.